The smallest absolute Gasteiger partial charge is 0.326 e. The van der Waals surface area contributed by atoms with Crippen LogP contribution < -0.4 is 11.0 Å². The number of aromatic amines is 1. The number of benzene rings is 1. The Balaban J connectivity index is 1.88. The Labute approximate surface area is 138 Å². The van der Waals surface area contributed by atoms with Crippen molar-refractivity contribution in [3.63, 3.8) is 0 Å². The maximum atomic E-state index is 13.5. The van der Waals surface area contributed by atoms with Gasteiger partial charge >= 0.3 is 5.69 Å². The Hall–Kier alpha value is -2.18. The van der Waals surface area contributed by atoms with Crippen LogP contribution in [0.25, 0.3) is 11.0 Å². The Kier molecular flexibility index (Phi) is 3.77. The number of nitrogens with zero attached hydrogens (tertiary/aromatic N) is 1. The summed E-state index contributed by atoms with van der Waals surface area (Å²) in [6, 6.07) is 4.76. The number of fused-ring (bicyclic) bond motifs is 1. The minimum absolute atomic E-state index is 0.213. The van der Waals surface area contributed by atoms with Gasteiger partial charge in [0.15, 0.2) is 0 Å². The van der Waals surface area contributed by atoms with E-state index in [0.717, 1.165) is 25.3 Å². The second kappa shape index (κ2) is 5.43. The van der Waals surface area contributed by atoms with Gasteiger partial charge in [0, 0.05) is 19.0 Å². The van der Waals surface area contributed by atoms with Crippen LogP contribution in [0.3, 0.4) is 0 Å². The van der Waals surface area contributed by atoms with Crippen molar-refractivity contribution >= 4 is 16.9 Å². The number of aromatic nitrogens is 2. The van der Waals surface area contributed by atoms with Gasteiger partial charge in [-0.15, -0.1) is 0 Å². The molecule has 3 rings (SSSR count). The van der Waals surface area contributed by atoms with Gasteiger partial charge in [-0.05, 0) is 50.8 Å². The molecule has 1 heterocycles. The van der Waals surface area contributed by atoms with E-state index in [4.69, 9.17) is 0 Å². The fourth-order valence-electron chi connectivity index (χ4n) is 2.51. The number of hydrogen-bond acceptors (Lipinski definition) is 2. The third-order valence-corrected chi connectivity index (χ3v) is 4.70. The Morgan fingerprint density at radius 2 is 2.00 bits per heavy atom. The largest absolute Gasteiger partial charge is 0.341 e. The van der Waals surface area contributed by atoms with Crippen molar-refractivity contribution < 1.29 is 13.6 Å². The van der Waals surface area contributed by atoms with Crippen LogP contribution in [0.2, 0.25) is 0 Å². The molecule has 0 aliphatic heterocycles. The van der Waals surface area contributed by atoms with Gasteiger partial charge in [-0.1, -0.05) is 0 Å². The molecule has 1 aliphatic carbocycles. The first kappa shape index (κ1) is 16.7. The summed E-state index contributed by atoms with van der Waals surface area (Å²) in [5.74, 6) is -3.12. The number of hydrogen-bond donors (Lipinski definition) is 2. The van der Waals surface area contributed by atoms with E-state index in [-0.39, 0.29) is 11.3 Å². The molecule has 1 fully saturated rings. The molecule has 1 saturated carbocycles. The summed E-state index contributed by atoms with van der Waals surface area (Å²) in [4.78, 5) is 27.1. The summed E-state index contributed by atoms with van der Waals surface area (Å²) in [5.41, 5.74) is -0.392. The van der Waals surface area contributed by atoms with Crippen molar-refractivity contribution in [3.8, 4) is 0 Å². The predicted molar refractivity (Wildman–Crippen MR) is 87.4 cm³/mol. The summed E-state index contributed by atoms with van der Waals surface area (Å²) in [6.45, 7) is 3.99. The molecule has 1 amide bonds. The quantitative estimate of drug-likeness (QED) is 0.881. The van der Waals surface area contributed by atoms with Gasteiger partial charge in [-0.3, -0.25) is 9.36 Å². The highest BCUT2D eigenvalue weighted by molar-refractivity contribution is 5.97. The maximum absolute atomic E-state index is 13.5. The molecule has 1 aromatic heterocycles. The van der Waals surface area contributed by atoms with Crippen LogP contribution in [0.4, 0.5) is 8.78 Å². The van der Waals surface area contributed by atoms with E-state index in [1.165, 1.54) is 19.9 Å². The molecule has 7 heteroatoms. The maximum Gasteiger partial charge on any atom is 0.326 e. The number of alkyl halides is 2. The zero-order chi connectivity index (χ0) is 17.7. The first-order valence-corrected chi connectivity index (χ1v) is 8.01. The average Bonchev–Trinajstić information content (AvgIpc) is 3.21. The van der Waals surface area contributed by atoms with Crippen molar-refractivity contribution in [3.05, 3.63) is 34.2 Å². The molecular weight excluding hydrogens is 316 g/mol. The summed E-state index contributed by atoms with van der Waals surface area (Å²) in [7, 11) is 0. The minimum Gasteiger partial charge on any atom is -0.341 e. The highest BCUT2D eigenvalue weighted by atomic mass is 19.3. The van der Waals surface area contributed by atoms with Gasteiger partial charge in [-0.2, -0.15) is 0 Å². The standard InChI is InChI=1S/C17H21F2N3O2/c1-16(2,17(3,18)19)21-14(23)11-6-7-13-12(8-11)20-15(24)22(13)9-10-4-5-10/h6-8,10H,4-5,9H2,1-3H3,(H,20,24)(H,21,23). The molecule has 0 spiro atoms. The highest BCUT2D eigenvalue weighted by Crippen LogP contribution is 2.31. The normalized spacial score (nSPS) is 15.7. The van der Waals surface area contributed by atoms with Gasteiger partial charge in [0.2, 0.25) is 0 Å². The summed E-state index contributed by atoms with van der Waals surface area (Å²) >= 11 is 0. The molecule has 0 radical (unpaired) electrons. The predicted octanol–water partition coefficient (Wildman–Crippen LogP) is 2.90. The van der Waals surface area contributed by atoms with E-state index in [2.05, 4.69) is 10.3 Å². The fourth-order valence-corrected chi connectivity index (χ4v) is 2.51. The molecule has 1 aliphatic rings. The van der Waals surface area contributed by atoms with E-state index in [1.54, 1.807) is 16.7 Å². The van der Waals surface area contributed by atoms with Gasteiger partial charge in [0.1, 0.15) is 0 Å². The lowest BCUT2D eigenvalue weighted by atomic mass is 9.97. The van der Waals surface area contributed by atoms with Gasteiger partial charge in [-0.25, -0.2) is 13.6 Å². The zero-order valence-corrected chi connectivity index (χ0v) is 14.0. The first-order chi connectivity index (χ1) is 11.1. The van der Waals surface area contributed by atoms with Crippen LogP contribution in [0.1, 0.15) is 44.0 Å². The SMILES string of the molecule is CC(F)(F)C(C)(C)NC(=O)c1ccc2c(c1)[nH]c(=O)n2CC1CC1. The van der Waals surface area contributed by atoms with E-state index in [1.807, 2.05) is 0 Å². The van der Waals surface area contributed by atoms with E-state index in [0.29, 0.717) is 18.0 Å². The molecule has 130 valence electrons. The second-order valence-electron chi connectivity index (χ2n) is 7.18. The molecule has 5 nitrogen and oxygen atoms in total. The zero-order valence-electron chi connectivity index (χ0n) is 14.0. The van der Waals surface area contributed by atoms with Crippen LogP contribution in [0, 0.1) is 5.92 Å². The van der Waals surface area contributed by atoms with Crippen LogP contribution in [-0.2, 0) is 6.54 Å². The van der Waals surface area contributed by atoms with E-state index >= 15 is 0 Å². The number of amides is 1. The second-order valence-corrected chi connectivity index (χ2v) is 7.18. The lowest BCUT2D eigenvalue weighted by Crippen LogP contribution is -2.54. The molecule has 2 aromatic rings. The van der Waals surface area contributed by atoms with Gasteiger partial charge in [0.25, 0.3) is 11.8 Å². The average molecular weight is 337 g/mol. The Morgan fingerprint density at radius 3 is 2.58 bits per heavy atom. The molecule has 0 bridgehead atoms. The van der Waals surface area contributed by atoms with Crippen LogP contribution >= 0.6 is 0 Å². The van der Waals surface area contributed by atoms with Crippen molar-refractivity contribution in [2.45, 2.75) is 51.6 Å². The summed E-state index contributed by atoms with van der Waals surface area (Å²) in [5, 5.41) is 2.35. The van der Waals surface area contributed by atoms with Crippen molar-refractivity contribution in [1.82, 2.24) is 14.9 Å². The van der Waals surface area contributed by atoms with Crippen LogP contribution in [0.15, 0.2) is 23.0 Å². The molecule has 0 saturated heterocycles. The van der Waals surface area contributed by atoms with E-state index < -0.39 is 17.4 Å². The van der Waals surface area contributed by atoms with Crippen molar-refractivity contribution in [1.29, 1.82) is 0 Å². The molecule has 24 heavy (non-hydrogen) atoms. The molecule has 1 aromatic carbocycles. The molecule has 2 N–H and O–H groups in total. The Morgan fingerprint density at radius 1 is 1.33 bits per heavy atom. The lowest BCUT2D eigenvalue weighted by Gasteiger charge is -2.32. The highest BCUT2D eigenvalue weighted by Gasteiger charge is 2.43. The third kappa shape index (κ3) is 3.07. The first-order valence-electron chi connectivity index (χ1n) is 8.01. The number of halogens is 2. The van der Waals surface area contributed by atoms with E-state index in [9.17, 15) is 18.4 Å². The monoisotopic (exact) mass is 337 g/mol. The number of imidazole rings is 1. The van der Waals surface area contributed by atoms with Gasteiger partial charge < -0.3 is 10.3 Å². The molecule has 0 atom stereocenters. The fraction of sp³-hybridized carbons (Fsp3) is 0.529. The topological polar surface area (TPSA) is 66.9 Å². The summed E-state index contributed by atoms with van der Waals surface area (Å²) < 4.78 is 28.8. The number of H-pyrrole nitrogens is 1. The number of rotatable bonds is 5. The number of carbonyl (C=O) groups is 1. The van der Waals surface area contributed by atoms with Crippen LogP contribution in [-0.4, -0.2) is 26.9 Å². The molecular formula is C17H21F2N3O2. The summed E-state index contributed by atoms with van der Waals surface area (Å²) in [6.07, 6.45) is 2.25. The van der Waals surface area contributed by atoms with Crippen molar-refractivity contribution in [2.24, 2.45) is 5.92 Å². The lowest BCUT2D eigenvalue weighted by molar-refractivity contribution is -0.0547. The Bertz CT molecular complexity index is 842. The number of nitrogens with one attached hydrogen (secondary N) is 2. The van der Waals surface area contributed by atoms with Gasteiger partial charge in [0.05, 0.1) is 16.6 Å². The number of carbonyl (C=O) groups excluding carboxylic acids is 1. The molecule has 0 unspecified atom stereocenters. The van der Waals surface area contributed by atoms with Crippen molar-refractivity contribution in [2.75, 3.05) is 0 Å². The minimum atomic E-state index is -3.06. The third-order valence-electron chi connectivity index (χ3n) is 4.70. The van der Waals surface area contributed by atoms with Crippen LogP contribution in [0.5, 0.6) is 0 Å².